The molecule has 6 heteroatoms. The van der Waals surface area contributed by atoms with E-state index in [4.69, 9.17) is 14.5 Å². The molecule has 1 fully saturated rings. The van der Waals surface area contributed by atoms with Gasteiger partial charge in [-0.2, -0.15) is 0 Å². The van der Waals surface area contributed by atoms with E-state index in [2.05, 4.69) is 10.2 Å². The Bertz CT molecular complexity index is 527. The summed E-state index contributed by atoms with van der Waals surface area (Å²) in [7, 11) is 1.42. The number of nitrogens with one attached hydrogen (secondary N) is 1. The quantitative estimate of drug-likeness (QED) is 0.796. The standard InChI is InChI=1S/C15H21N3O3/c1-20-15(19)12-10-11-2-4-16-5-3-13(11)17-14(12)18-6-8-21-9-7-18/h10,16H,2-9H2,1H3. The van der Waals surface area contributed by atoms with E-state index < -0.39 is 0 Å². The number of morpholine rings is 1. The molecule has 3 rings (SSSR count). The maximum atomic E-state index is 12.1. The third kappa shape index (κ3) is 3.01. The van der Waals surface area contributed by atoms with Gasteiger partial charge in [-0.1, -0.05) is 0 Å². The van der Waals surface area contributed by atoms with Crippen molar-refractivity contribution >= 4 is 11.8 Å². The van der Waals surface area contributed by atoms with Gasteiger partial charge in [0.25, 0.3) is 0 Å². The first-order chi connectivity index (χ1) is 10.3. The van der Waals surface area contributed by atoms with Gasteiger partial charge in [0.1, 0.15) is 11.4 Å². The van der Waals surface area contributed by atoms with Gasteiger partial charge in [0.2, 0.25) is 0 Å². The van der Waals surface area contributed by atoms with Crippen LogP contribution in [0, 0.1) is 0 Å². The monoisotopic (exact) mass is 291 g/mol. The fraction of sp³-hybridized carbons (Fsp3) is 0.600. The molecule has 3 heterocycles. The number of rotatable bonds is 2. The molecule has 0 radical (unpaired) electrons. The van der Waals surface area contributed by atoms with Crippen molar-refractivity contribution in [2.75, 3.05) is 51.4 Å². The second kappa shape index (κ2) is 6.41. The zero-order chi connectivity index (χ0) is 14.7. The minimum absolute atomic E-state index is 0.316. The van der Waals surface area contributed by atoms with E-state index in [1.165, 1.54) is 7.11 Å². The molecule has 0 saturated carbocycles. The molecule has 1 N–H and O–H groups in total. The van der Waals surface area contributed by atoms with Crippen LogP contribution in [0.2, 0.25) is 0 Å². The molecule has 0 aromatic carbocycles. The molecular weight excluding hydrogens is 270 g/mol. The first-order valence-corrected chi connectivity index (χ1v) is 7.44. The van der Waals surface area contributed by atoms with E-state index in [0.29, 0.717) is 18.8 Å². The minimum Gasteiger partial charge on any atom is -0.465 e. The van der Waals surface area contributed by atoms with Crippen LogP contribution in [0.25, 0.3) is 0 Å². The molecule has 1 saturated heterocycles. The maximum Gasteiger partial charge on any atom is 0.341 e. The minimum atomic E-state index is -0.316. The summed E-state index contributed by atoms with van der Waals surface area (Å²) in [6, 6.07) is 1.96. The van der Waals surface area contributed by atoms with Gasteiger partial charge in [-0.05, 0) is 24.6 Å². The number of carbonyl (C=O) groups excluding carboxylic acids is 1. The number of ether oxygens (including phenoxy) is 2. The molecule has 0 bridgehead atoms. The smallest absolute Gasteiger partial charge is 0.341 e. The van der Waals surface area contributed by atoms with Crippen LogP contribution in [0.3, 0.4) is 0 Å². The van der Waals surface area contributed by atoms with Crippen LogP contribution in [-0.4, -0.2) is 57.5 Å². The van der Waals surface area contributed by atoms with Crippen LogP contribution in [0.15, 0.2) is 6.07 Å². The zero-order valence-corrected chi connectivity index (χ0v) is 12.4. The number of fused-ring (bicyclic) bond motifs is 1. The summed E-state index contributed by atoms with van der Waals surface area (Å²) >= 11 is 0. The fourth-order valence-corrected chi connectivity index (χ4v) is 2.85. The number of hydrogen-bond acceptors (Lipinski definition) is 6. The SMILES string of the molecule is COC(=O)c1cc2c(nc1N1CCOCC1)CCNCC2. The molecule has 1 aromatic rings. The predicted octanol–water partition coefficient (Wildman–Crippen LogP) is 0.393. The van der Waals surface area contributed by atoms with Gasteiger partial charge in [-0.15, -0.1) is 0 Å². The van der Waals surface area contributed by atoms with Crippen LogP contribution in [0.5, 0.6) is 0 Å². The summed E-state index contributed by atoms with van der Waals surface area (Å²) in [4.78, 5) is 19.0. The van der Waals surface area contributed by atoms with Crippen molar-refractivity contribution in [3.63, 3.8) is 0 Å². The average molecular weight is 291 g/mol. The molecule has 0 atom stereocenters. The summed E-state index contributed by atoms with van der Waals surface area (Å²) in [5.74, 6) is 0.426. The highest BCUT2D eigenvalue weighted by Crippen LogP contribution is 2.24. The maximum absolute atomic E-state index is 12.1. The van der Waals surface area contributed by atoms with Crippen LogP contribution in [-0.2, 0) is 22.3 Å². The molecular formula is C15H21N3O3. The zero-order valence-electron chi connectivity index (χ0n) is 12.4. The molecule has 2 aliphatic rings. The fourth-order valence-electron chi connectivity index (χ4n) is 2.85. The molecule has 0 unspecified atom stereocenters. The number of anilines is 1. The highest BCUT2D eigenvalue weighted by Gasteiger charge is 2.24. The molecule has 1 aromatic heterocycles. The summed E-state index contributed by atoms with van der Waals surface area (Å²) in [5, 5.41) is 3.37. The van der Waals surface area contributed by atoms with Gasteiger partial charge in [-0.3, -0.25) is 0 Å². The largest absolute Gasteiger partial charge is 0.465 e. The normalized spacial score (nSPS) is 18.8. The third-order valence-electron chi connectivity index (χ3n) is 4.00. The van der Waals surface area contributed by atoms with Gasteiger partial charge in [0.15, 0.2) is 0 Å². The lowest BCUT2D eigenvalue weighted by Crippen LogP contribution is -2.38. The molecule has 0 aliphatic carbocycles. The van der Waals surface area contributed by atoms with Crippen LogP contribution in [0.4, 0.5) is 5.82 Å². The van der Waals surface area contributed by atoms with Crippen molar-refractivity contribution in [3.05, 3.63) is 22.9 Å². The number of methoxy groups -OCH3 is 1. The van der Waals surface area contributed by atoms with E-state index in [1.807, 2.05) is 6.07 Å². The summed E-state index contributed by atoms with van der Waals surface area (Å²) in [6.45, 7) is 4.70. The lowest BCUT2D eigenvalue weighted by Gasteiger charge is -2.29. The van der Waals surface area contributed by atoms with E-state index in [-0.39, 0.29) is 5.97 Å². The Morgan fingerprint density at radius 1 is 1.33 bits per heavy atom. The second-order valence-electron chi connectivity index (χ2n) is 5.31. The first-order valence-electron chi connectivity index (χ1n) is 7.44. The lowest BCUT2D eigenvalue weighted by atomic mass is 10.1. The first kappa shape index (κ1) is 14.3. The van der Waals surface area contributed by atoms with Gasteiger partial charge in [0.05, 0.1) is 20.3 Å². The van der Waals surface area contributed by atoms with Gasteiger partial charge in [0, 0.05) is 31.7 Å². The van der Waals surface area contributed by atoms with Crippen molar-refractivity contribution in [1.29, 1.82) is 0 Å². The van der Waals surface area contributed by atoms with Crippen molar-refractivity contribution in [2.45, 2.75) is 12.8 Å². The van der Waals surface area contributed by atoms with Crippen LogP contribution >= 0.6 is 0 Å². The third-order valence-corrected chi connectivity index (χ3v) is 4.00. The van der Waals surface area contributed by atoms with E-state index in [1.54, 1.807) is 0 Å². The van der Waals surface area contributed by atoms with Crippen molar-refractivity contribution in [2.24, 2.45) is 0 Å². The molecule has 6 nitrogen and oxygen atoms in total. The Labute approximate surface area is 124 Å². The molecule has 0 amide bonds. The van der Waals surface area contributed by atoms with Crippen molar-refractivity contribution in [1.82, 2.24) is 10.3 Å². The summed E-state index contributed by atoms with van der Waals surface area (Å²) in [5.41, 5.74) is 2.81. The summed E-state index contributed by atoms with van der Waals surface area (Å²) in [6.07, 6.45) is 1.80. The number of carbonyl (C=O) groups is 1. The van der Waals surface area contributed by atoms with Crippen molar-refractivity contribution in [3.8, 4) is 0 Å². The number of aromatic nitrogens is 1. The van der Waals surface area contributed by atoms with Gasteiger partial charge in [-0.25, -0.2) is 9.78 Å². The van der Waals surface area contributed by atoms with E-state index >= 15 is 0 Å². The van der Waals surface area contributed by atoms with Gasteiger partial charge >= 0.3 is 5.97 Å². The Hall–Kier alpha value is -1.66. The topological polar surface area (TPSA) is 63.7 Å². The van der Waals surface area contributed by atoms with Gasteiger partial charge < -0.3 is 19.7 Å². The van der Waals surface area contributed by atoms with Crippen LogP contribution in [0.1, 0.15) is 21.6 Å². The number of esters is 1. The highest BCUT2D eigenvalue weighted by atomic mass is 16.5. The molecule has 0 spiro atoms. The number of pyridine rings is 1. The lowest BCUT2D eigenvalue weighted by molar-refractivity contribution is 0.0599. The van der Waals surface area contributed by atoms with Crippen LogP contribution < -0.4 is 10.2 Å². The number of hydrogen-bond donors (Lipinski definition) is 1. The van der Waals surface area contributed by atoms with Crippen molar-refractivity contribution < 1.29 is 14.3 Å². The average Bonchev–Trinajstić information content (AvgIpc) is 2.78. The Morgan fingerprint density at radius 2 is 2.10 bits per heavy atom. The predicted molar refractivity (Wildman–Crippen MR) is 78.9 cm³/mol. The van der Waals surface area contributed by atoms with E-state index in [9.17, 15) is 4.79 Å². The molecule has 21 heavy (non-hydrogen) atoms. The second-order valence-corrected chi connectivity index (χ2v) is 5.31. The molecule has 2 aliphatic heterocycles. The Morgan fingerprint density at radius 3 is 2.86 bits per heavy atom. The summed E-state index contributed by atoms with van der Waals surface area (Å²) < 4.78 is 10.3. The Balaban J connectivity index is 2.02. The molecule has 114 valence electrons. The Kier molecular flexibility index (Phi) is 4.36. The highest BCUT2D eigenvalue weighted by molar-refractivity contribution is 5.95. The number of nitrogens with zero attached hydrogens (tertiary/aromatic N) is 2. The van der Waals surface area contributed by atoms with E-state index in [0.717, 1.165) is 56.1 Å².